The summed E-state index contributed by atoms with van der Waals surface area (Å²) in [5, 5.41) is 13.6. The fourth-order valence-electron chi connectivity index (χ4n) is 1.47. The zero-order valence-corrected chi connectivity index (χ0v) is 11.0. The Kier molecular flexibility index (Phi) is 3.91. The topological polar surface area (TPSA) is 97.1 Å². The van der Waals surface area contributed by atoms with Crippen LogP contribution in [-0.2, 0) is 13.5 Å². The number of carboxylic acid groups (broad SMARTS) is 1. The zero-order valence-electron chi connectivity index (χ0n) is 10.2. The van der Waals surface area contributed by atoms with Crippen LogP contribution >= 0.6 is 11.3 Å². The minimum absolute atomic E-state index is 0.0398. The molecule has 2 rings (SSSR count). The average Bonchev–Trinajstić information content (AvgIpc) is 2.97. The van der Waals surface area contributed by atoms with Gasteiger partial charge in [0.2, 0.25) is 0 Å². The maximum Gasteiger partial charge on any atom is 0.355 e. The number of carboxylic acids is 1. The average molecular weight is 280 g/mol. The molecule has 0 aliphatic heterocycles. The number of nitrogens with one attached hydrogen (secondary N) is 1. The fraction of sp³-hybridized carbons (Fsp3) is 0.273. The maximum atomic E-state index is 11.7. The van der Waals surface area contributed by atoms with Crippen LogP contribution in [0, 0.1) is 0 Å². The second kappa shape index (κ2) is 5.61. The molecular formula is C11H12N4O3S. The highest BCUT2D eigenvalue weighted by molar-refractivity contribution is 7.09. The van der Waals surface area contributed by atoms with E-state index < -0.39 is 5.97 Å². The van der Waals surface area contributed by atoms with Crippen molar-refractivity contribution in [2.45, 2.75) is 6.42 Å². The van der Waals surface area contributed by atoms with Crippen molar-refractivity contribution < 1.29 is 14.7 Å². The monoisotopic (exact) mass is 280 g/mol. The van der Waals surface area contributed by atoms with Crippen molar-refractivity contribution in [1.82, 2.24) is 19.9 Å². The minimum Gasteiger partial charge on any atom is -0.476 e. The molecule has 0 aromatic carbocycles. The van der Waals surface area contributed by atoms with Gasteiger partial charge in [0.05, 0.1) is 17.5 Å². The summed E-state index contributed by atoms with van der Waals surface area (Å²) >= 11 is 1.27. The van der Waals surface area contributed by atoms with E-state index in [2.05, 4.69) is 15.3 Å². The summed E-state index contributed by atoms with van der Waals surface area (Å²) in [5.41, 5.74) is 0.517. The van der Waals surface area contributed by atoms with Crippen molar-refractivity contribution in [3.8, 4) is 0 Å². The number of nitrogens with zero attached hydrogens (tertiary/aromatic N) is 3. The molecular weight excluding hydrogens is 268 g/mol. The number of hydrogen-bond donors (Lipinski definition) is 2. The minimum atomic E-state index is -1.04. The molecule has 0 radical (unpaired) electrons. The Morgan fingerprint density at radius 2 is 2.32 bits per heavy atom. The molecule has 1 amide bonds. The number of aryl methyl sites for hydroxylation is 1. The van der Waals surface area contributed by atoms with Crippen LogP contribution in [0.2, 0.25) is 0 Å². The van der Waals surface area contributed by atoms with Crippen LogP contribution < -0.4 is 5.32 Å². The summed E-state index contributed by atoms with van der Waals surface area (Å²) in [6.07, 6.45) is 3.54. The normalized spacial score (nSPS) is 10.4. The molecule has 19 heavy (non-hydrogen) atoms. The second-order valence-electron chi connectivity index (χ2n) is 3.83. The highest BCUT2D eigenvalue weighted by atomic mass is 32.1. The first-order valence-corrected chi connectivity index (χ1v) is 6.38. The molecule has 0 fully saturated rings. The van der Waals surface area contributed by atoms with Crippen molar-refractivity contribution in [2.24, 2.45) is 7.05 Å². The van der Waals surface area contributed by atoms with Gasteiger partial charge in [0.15, 0.2) is 5.69 Å². The van der Waals surface area contributed by atoms with E-state index in [-0.39, 0.29) is 11.6 Å². The molecule has 0 atom stereocenters. The fourth-order valence-corrected chi connectivity index (χ4v) is 2.25. The first-order valence-electron chi connectivity index (χ1n) is 5.50. The molecule has 0 aliphatic rings. The van der Waals surface area contributed by atoms with Gasteiger partial charge in [-0.15, -0.1) is 11.3 Å². The third-order valence-electron chi connectivity index (χ3n) is 2.44. The third-order valence-corrected chi connectivity index (χ3v) is 3.35. The molecule has 8 heteroatoms. The lowest BCUT2D eigenvalue weighted by Gasteiger charge is -2.03. The molecule has 0 aliphatic carbocycles. The molecule has 0 saturated heterocycles. The van der Waals surface area contributed by atoms with E-state index in [0.29, 0.717) is 23.7 Å². The van der Waals surface area contributed by atoms with Crippen molar-refractivity contribution >= 4 is 23.2 Å². The van der Waals surface area contributed by atoms with Crippen molar-refractivity contribution in [3.63, 3.8) is 0 Å². The molecule has 100 valence electrons. The van der Waals surface area contributed by atoms with Gasteiger partial charge < -0.3 is 15.0 Å². The molecule has 0 unspecified atom stereocenters. The largest absolute Gasteiger partial charge is 0.476 e. The summed E-state index contributed by atoms with van der Waals surface area (Å²) in [5.74, 6) is -1.25. The molecule has 0 saturated carbocycles. The Hall–Kier alpha value is -2.22. The van der Waals surface area contributed by atoms with Crippen molar-refractivity contribution in [1.29, 1.82) is 0 Å². The van der Waals surface area contributed by atoms with E-state index >= 15 is 0 Å². The zero-order chi connectivity index (χ0) is 13.8. The lowest BCUT2D eigenvalue weighted by Crippen LogP contribution is -2.27. The Morgan fingerprint density at radius 3 is 2.89 bits per heavy atom. The van der Waals surface area contributed by atoms with Gasteiger partial charge in [0.1, 0.15) is 5.69 Å². The van der Waals surface area contributed by atoms with Crippen LogP contribution in [0.5, 0.6) is 0 Å². The van der Waals surface area contributed by atoms with Crippen LogP contribution in [0.3, 0.4) is 0 Å². The van der Waals surface area contributed by atoms with Crippen LogP contribution in [0.4, 0.5) is 0 Å². The predicted molar refractivity (Wildman–Crippen MR) is 68.3 cm³/mol. The van der Waals surface area contributed by atoms with Crippen LogP contribution in [-0.4, -0.2) is 38.1 Å². The number of thiazole rings is 1. The van der Waals surface area contributed by atoms with Crippen LogP contribution in [0.25, 0.3) is 0 Å². The number of aromatic nitrogens is 3. The lowest BCUT2D eigenvalue weighted by molar-refractivity contribution is 0.0690. The van der Waals surface area contributed by atoms with Gasteiger partial charge in [-0.3, -0.25) is 4.79 Å². The van der Waals surface area contributed by atoms with E-state index in [4.69, 9.17) is 5.11 Å². The number of carbonyl (C=O) groups is 2. The van der Waals surface area contributed by atoms with Gasteiger partial charge in [-0.2, -0.15) is 0 Å². The SMILES string of the molecule is Cn1cncc1C(=O)NCCc1nc(C(=O)O)cs1. The Bertz CT molecular complexity index is 605. The van der Waals surface area contributed by atoms with Gasteiger partial charge >= 0.3 is 5.97 Å². The molecule has 2 aromatic heterocycles. The number of amides is 1. The summed E-state index contributed by atoms with van der Waals surface area (Å²) < 4.78 is 1.63. The summed E-state index contributed by atoms with van der Waals surface area (Å²) in [6, 6.07) is 0. The molecule has 0 spiro atoms. The standard InChI is InChI=1S/C11H12N4O3S/c1-15-6-12-4-8(15)10(16)13-3-2-9-14-7(5-19-9)11(17)18/h4-6H,2-3H2,1H3,(H,13,16)(H,17,18). The Balaban J connectivity index is 1.85. The first-order chi connectivity index (χ1) is 9.08. The quantitative estimate of drug-likeness (QED) is 0.833. The third kappa shape index (κ3) is 3.16. The molecule has 2 heterocycles. The van der Waals surface area contributed by atoms with Gasteiger partial charge in [-0.1, -0.05) is 0 Å². The van der Waals surface area contributed by atoms with Crippen molar-refractivity contribution in [2.75, 3.05) is 6.54 Å². The van der Waals surface area contributed by atoms with E-state index in [1.54, 1.807) is 17.9 Å². The van der Waals surface area contributed by atoms with Gasteiger partial charge in [0.25, 0.3) is 5.91 Å². The highest BCUT2D eigenvalue weighted by Gasteiger charge is 2.11. The first kappa shape index (κ1) is 13.2. The Morgan fingerprint density at radius 1 is 1.53 bits per heavy atom. The number of imidazole rings is 1. The summed E-state index contributed by atoms with van der Waals surface area (Å²) in [6.45, 7) is 0.399. The lowest BCUT2D eigenvalue weighted by atomic mass is 10.4. The molecule has 2 aromatic rings. The van der Waals surface area contributed by atoms with E-state index in [1.165, 1.54) is 22.9 Å². The molecule has 7 nitrogen and oxygen atoms in total. The highest BCUT2D eigenvalue weighted by Crippen LogP contribution is 2.09. The van der Waals surface area contributed by atoms with Gasteiger partial charge in [-0.25, -0.2) is 14.8 Å². The number of carbonyl (C=O) groups excluding carboxylic acids is 1. The van der Waals surface area contributed by atoms with Crippen molar-refractivity contribution in [3.05, 3.63) is 34.3 Å². The van der Waals surface area contributed by atoms with E-state index in [1.807, 2.05) is 0 Å². The number of hydrogen-bond acceptors (Lipinski definition) is 5. The van der Waals surface area contributed by atoms with Crippen LogP contribution in [0.1, 0.15) is 26.0 Å². The maximum absolute atomic E-state index is 11.7. The van der Waals surface area contributed by atoms with Gasteiger partial charge in [-0.05, 0) is 0 Å². The smallest absolute Gasteiger partial charge is 0.355 e. The summed E-state index contributed by atoms with van der Waals surface area (Å²) in [7, 11) is 1.74. The van der Waals surface area contributed by atoms with E-state index in [9.17, 15) is 9.59 Å². The molecule has 0 bridgehead atoms. The second-order valence-corrected chi connectivity index (χ2v) is 4.77. The van der Waals surface area contributed by atoms with Crippen LogP contribution in [0.15, 0.2) is 17.9 Å². The van der Waals surface area contributed by atoms with E-state index in [0.717, 1.165) is 0 Å². The van der Waals surface area contributed by atoms with Gasteiger partial charge in [0, 0.05) is 25.4 Å². The molecule has 2 N–H and O–H groups in total. The predicted octanol–water partition coefficient (Wildman–Crippen LogP) is 0.547. The summed E-state index contributed by atoms with van der Waals surface area (Å²) in [4.78, 5) is 30.2. The number of aromatic carboxylic acids is 1. The Labute approximate surface area is 112 Å². The number of rotatable bonds is 5.